The number of fused-ring (bicyclic) bond motifs is 1. The molecule has 0 aliphatic carbocycles. The van der Waals surface area contributed by atoms with Gasteiger partial charge in [-0.3, -0.25) is 4.31 Å². The minimum absolute atomic E-state index is 0.131. The van der Waals surface area contributed by atoms with E-state index in [1.165, 1.54) is 29.4 Å². The van der Waals surface area contributed by atoms with Crippen LogP contribution < -0.4 is 4.31 Å². The van der Waals surface area contributed by atoms with E-state index in [-0.39, 0.29) is 12.1 Å². The molecule has 0 saturated carbocycles. The van der Waals surface area contributed by atoms with Crippen molar-refractivity contribution in [2.45, 2.75) is 18.6 Å². The molecule has 0 bridgehead atoms. The van der Waals surface area contributed by atoms with Gasteiger partial charge in [0.15, 0.2) is 5.25 Å². The molecule has 1 aromatic rings. The summed E-state index contributed by atoms with van der Waals surface area (Å²) in [6.07, 6.45) is 0.452. The summed E-state index contributed by atoms with van der Waals surface area (Å²) in [4.78, 5) is 10.9. The minimum atomic E-state index is -3.71. The van der Waals surface area contributed by atoms with Gasteiger partial charge < -0.3 is 5.11 Å². The fraction of sp³-hybridized carbons (Fsp3) is 0.333. The molecular formula is C12H12N2O4S. The van der Waals surface area contributed by atoms with Gasteiger partial charge in [0.1, 0.15) is 0 Å². The maximum absolute atomic E-state index is 12.1. The second-order valence-electron chi connectivity index (χ2n) is 4.29. The number of carboxylic acid groups (broad SMARTS) is 1. The largest absolute Gasteiger partial charge is 0.478 e. The molecule has 1 atom stereocenters. The van der Waals surface area contributed by atoms with E-state index in [2.05, 4.69) is 0 Å². The van der Waals surface area contributed by atoms with Crippen molar-refractivity contribution in [2.75, 3.05) is 10.8 Å². The van der Waals surface area contributed by atoms with Crippen molar-refractivity contribution in [3.8, 4) is 6.07 Å². The number of aromatic carboxylic acids is 1. The molecule has 0 radical (unpaired) electrons. The van der Waals surface area contributed by atoms with Crippen molar-refractivity contribution in [1.29, 1.82) is 5.26 Å². The SMILES string of the molecule is CC(C#N)S(=O)(=O)N1CCc2cc(C(=O)O)ccc21. The van der Waals surface area contributed by atoms with Gasteiger partial charge in [0, 0.05) is 6.54 Å². The smallest absolute Gasteiger partial charge is 0.335 e. The van der Waals surface area contributed by atoms with Crippen LogP contribution in [0.25, 0.3) is 0 Å². The Morgan fingerprint density at radius 3 is 2.79 bits per heavy atom. The van der Waals surface area contributed by atoms with Crippen LogP contribution in [0.3, 0.4) is 0 Å². The first-order valence-corrected chi connectivity index (χ1v) is 7.15. The minimum Gasteiger partial charge on any atom is -0.478 e. The molecule has 6 nitrogen and oxygen atoms in total. The third-order valence-electron chi connectivity index (χ3n) is 3.12. The molecule has 1 N–H and O–H groups in total. The van der Waals surface area contributed by atoms with Crippen LogP contribution in [0.15, 0.2) is 18.2 Å². The van der Waals surface area contributed by atoms with Crippen LogP contribution in [-0.2, 0) is 16.4 Å². The number of carbonyl (C=O) groups is 1. The predicted molar refractivity (Wildman–Crippen MR) is 68.4 cm³/mol. The van der Waals surface area contributed by atoms with Gasteiger partial charge in [0.05, 0.1) is 17.3 Å². The normalized spacial score (nSPS) is 15.7. The van der Waals surface area contributed by atoms with E-state index < -0.39 is 21.2 Å². The second-order valence-corrected chi connectivity index (χ2v) is 6.46. The zero-order chi connectivity index (χ0) is 14.2. The van der Waals surface area contributed by atoms with Gasteiger partial charge in [0.25, 0.3) is 10.0 Å². The molecular weight excluding hydrogens is 268 g/mol. The standard InChI is InChI=1S/C12H12N2O4S/c1-8(7-13)19(17,18)14-5-4-9-6-10(12(15)16)2-3-11(9)14/h2-3,6,8H,4-5H2,1H3,(H,15,16). The first-order chi connectivity index (χ1) is 8.87. The van der Waals surface area contributed by atoms with Crippen molar-refractivity contribution in [3.63, 3.8) is 0 Å². The highest BCUT2D eigenvalue weighted by Gasteiger charge is 2.33. The van der Waals surface area contributed by atoms with Gasteiger partial charge in [-0.15, -0.1) is 0 Å². The van der Waals surface area contributed by atoms with Crippen LogP contribution in [-0.4, -0.2) is 31.3 Å². The van der Waals surface area contributed by atoms with Crippen molar-refractivity contribution in [3.05, 3.63) is 29.3 Å². The highest BCUT2D eigenvalue weighted by Crippen LogP contribution is 2.32. The Morgan fingerprint density at radius 1 is 1.53 bits per heavy atom. The van der Waals surface area contributed by atoms with Gasteiger partial charge in [0.2, 0.25) is 0 Å². The molecule has 100 valence electrons. The lowest BCUT2D eigenvalue weighted by Crippen LogP contribution is -2.35. The van der Waals surface area contributed by atoms with E-state index in [0.29, 0.717) is 17.7 Å². The summed E-state index contributed by atoms with van der Waals surface area (Å²) >= 11 is 0. The van der Waals surface area contributed by atoms with Gasteiger partial charge in [-0.05, 0) is 37.1 Å². The number of rotatable bonds is 3. The highest BCUT2D eigenvalue weighted by atomic mass is 32.2. The molecule has 0 spiro atoms. The third kappa shape index (κ3) is 2.15. The van der Waals surface area contributed by atoms with Gasteiger partial charge in [-0.25, -0.2) is 13.2 Å². The average Bonchev–Trinajstić information content (AvgIpc) is 2.80. The summed E-state index contributed by atoms with van der Waals surface area (Å²) in [7, 11) is -3.71. The average molecular weight is 280 g/mol. The summed E-state index contributed by atoms with van der Waals surface area (Å²) < 4.78 is 25.4. The fourth-order valence-corrected chi connectivity index (χ4v) is 3.34. The third-order valence-corrected chi connectivity index (χ3v) is 5.11. The number of benzene rings is 1. The Morgan fingerprint density at radius 2 is 2.21 bits per heavy atom. The number of sulfonamides is 1. The zero-order valence-corrected chi connectivity index (χ0v) is 11.0. The van der Waals surface area contributed by atoms with E-state index in [9.17, 15) is 13.2 Å². The molecule has 7 heteroatoms. The van der Waals surface area contributed by atoms with Crippen LogP contribution >= 0.6 is 0 Å². The number of carboxylic acids is 1. The van der Waals surface area contributed by atoms with Crippen LogP contribution in [0.2, 0.25) is 0 Å². The maximum atomic E-state index is 12.1. The molecule has 1 aromatic carbocycles. The quantitative estimate of drug-likeness (QED) is 0.890. The Balaban J connectivity index is 2.44. The molecule has 0 fully saturated rings. The molecule has 1 unspecified atom stereocenters. The molecule has 0 saturated heterocycles. The van der Waals surface area contributed by atoms with E-state index in [1.807, 2.05) is 0 Å². The van der Waals surface area contributed by atoms with Crippen molar-refractivity contribution in [1.82, 2.24) is 0 Å². The lowest BCUT2D eigenvalue weighted by molar-refractivity contribution is 0.0697. The first-order valence-electron chi connectivity index (χ1n) is 5.65. The number of anilines is 1. The molecule has 0 amide bonds. The van der Waals surface area contributed by atoms with Gasteiger partial charge >= 0.3 is 5.97 Å². The van der Waals surface area contributed by atoms with Crippen LogP contribution in [0.4, 0.5) is 5.69 Å². The molecule has 0 aromatic heterocycles. The topological polar surface area (TPSA) is 98.5 Å². The van der Waals surface area contributed by atoms with Crippen molar-refractivity contribution >= 4 is 21.7 Å². The molecule has 1 aliphatic rings. The Labute approximate surface area is 110 Å². The van der Waals surface area contributed by atoms with E-state index >= 15 is 0 Å². The zero-order valence-electron chi connectivity index (χ0n) is 10.2. The number of nitriles is 1. The number of nitrogens with zero attached hydrogens (tertiary/aromatic N) is 2. The highest BCUT2D eigenvalue weighted by molar-refractivity contribution is 7.93. The Kier molecular flexibility index (Phi) is 3.20. The van der Waals surface area contributed by atoms with Gasteiger partial charge in [-0.1, -0.05) is 0 Å². The number of hydrogen-bond acceptors (Lipinski definition) is 4. The van der Waals surface area contributed by atoms with Crippen molar-refractivity contribution < 1.29 is 18.3 Å². The number of hydrogen-bond donors (Lipinski definition) is 1. The fourth-order valence-electron chi connectivity index (χ4n) is 2.03. The van der Waals surface area contributed by atoms with Crippen LogP contribution in [0.1, 0.15) is 22.8 Å². The lowest BCUT2D eigenvalue weighted by atomic mass is 10.1. The molecule has 1 aliphatic heterocycles. The lowest BCUT2D eigenvalue weighted by Gasteiger charge is -2.20. The molecule has 19 heavy (non-hydrogen) atoms. The summed E-state index contributed by atoms with van der Waals surface area (Å²) in [6.45, 7) is 1.58. The van der Waals surface area contributed by atoms with E-state index in [4.69, 9.17) is 10.4 Å². The molecule has 1 heterocycles. The van der Waals surface area contributed by atoms with E-state index in [0.717, 1.165) is 0 Å². The second kappa shape index (κ2) is 4.55. The van der Waals surface area contributed by atoms with Crippen LogP contribution in [0, 0.1) is 11.3 Å². The monoisotopic (exact) mass is 280 g/mol. The molecule has 2 rings (SSSR count). The summed E-state index contributed by atoms with van der Waals surface area (Å²) in [5.41, 5.74) is 1.27. The Bertz CT molecular complexity index is 675. The van der Waals surface area contributed by atoms with Crippen molar-refractivity contribution in [2.24, 2.45) is 0 Å². The van der Waals surface area contributed by atoms with E-state index in [1.54, 1.807) is 6.07 Å². The predicted octanol–water partition coefficient (Wildman–Crippen LogP) is 0.989. The van der Waals surface area contributed by atoms with Gasteiger partial charge in [-0.2, -0.15) is 5.26 Å². The Hall–Kier alpha value is -2.07. The summed E-state index contributed by atoms with van der Waals surface area (Å²) in [5.74, 6) is -1.05. The maximum Gasteiger partial charge on any atom is 0.335 e. The summed E-state index contributed by atoms with van der Waals surface area (Å²) in [5, 5.41) is 16.5. The first kappa shape index (κ1) is 13.4. The van der Waals surface area contributed by atoms with Crippen LogP contribution in [0.5, 0.6) is 0 Å². The summed E-state index contributed by atoms with van der Waals surface area (Å²) in [6, 6.07) is 6.04.